The van der Waals surface area contributed by atoms with E-state index in [1.54, 1.807) is 38.2 Å². The Morgan fingerprint density at radius 1 is 1.09 bits per heavy atom. The average Bonchev–Trinajstić information content (AvgIpc) is 3.34. The Morgan fingerprint density at radius 2 is 1.69 bits per heavy atom. The molecule has 0 unspecified atom stereocenters. The summed E-state index contributed by atoms with van der Waals surface area (Å²) in [6.07, 6.45) is -3.27. The molecule has 0 saturated carbocycles. The van der Waals surface area contributed by atoms with Crippen LogP contribution < -0.4 is 5.69 Å². The second-order valence-electron chi connectivity index (χ2n) is 7.21. The monoisotopic (exact) mass is 487 g/mol. The van der Waals surface area contributed by atoms with Gasteiger partial charge < -0.3 is 4.74 Å². The quantitative estimate of drug-likeness (QED) is 0.390. The SMILES string of the molecule is C=Cc1c2c(C(=O)OC)cc(C(F)(F)F)cc2nn1-c1ccc(-n2c(C)nn(C)c2=O)cc1.CC. The van der Waals surface area contributed by atoms with E-state index in [1.165, 1.54) is 20.0 Å². The molecule has 2 heterocycles. The number of esters is 1. The lowest BCUT2D eigenvalue weighted by molar-refractivity contribution is -0.137. The Hall–Kier alpha value is -4.15. The largest absolute Gasteiger partial charge is 0.465 e. The maximum Gasteiger partial charge on any atom is 0.416 e. The number of halogens is 3. The summed E-state index contributed by atoms with van der Waals surface area (Å²) in [5.41, 5.74) is -0.274. The summed E-state index contributed by atoms with van der Waals surface area (Å²) in [7, 11) is 2.63. The molecule has 0 amide bonds. The standard InChI is InChI=1S/C22H18F3N5O3.C2H6/c1-5-18-19-16(20(31)33-4)10-13(22(23,24)25)11-17(19)27-30(18)15-8-6-14(7-9-15)29-12(2)26-28(3)21(29)32;1-2/h5-11H,1H2,2-4H3;1-2H3. The first-order valence-electron chi connectivity index (χ1n) is 10.6. The number of hydrogen-bond acceptors (Lipinski definition) is 5. The Balaban J connectivity index is 0.00000167. The highest BCUT2D eigenvalue weighted by molar-refractivity contribution is 6.07. The number of carbonyl (C=O) groups excluding carboxylic acids is 1. The molecule has 184 valence electrons. The Morgan fingerprint density at radius 3 is 2.17 bits per heavy atom. The second kappa shape index (κ2) is 9.61. The lowest BCUT2D eigenvalue weighted by Gasteiger charge is -2.09. The van der Waals surface area contributed by atoms with Crippen LogP contribution in [0.15, 0.2) is 47.8 Å². The summed E-state index contributed by atoms with van der Waals surface area (Å²) in [5, 5.41) is 8.57. The topological polar surface area (TPSA) is 83.9 Å². The van der Waals surface area contributed by atoms with Crippen LogP contribution in [0.2, 0.25) is 0 Å². The lowest BCUT2D eigenvalue weighted by atomic mass is 10.0. The number of alkyl halides is 3. The van der Waals surface area contributed by atoms with E-state index in [9.17, 15) is 22.8 Å². The number of rotatable bonds is 4. The van der Waals surface area contributed by atoms with Crippen LogP contribution in [0.3, 0.4) is 0 Å². The Labute approximate surface area is 198 Å². The summed E-state index contributed by atoms with van der Waals surface area (Å²) < 4.78 is 48.9. The van der Waals surface area contributed by atoms with Crippen LogP contribution in [0.25, 0.3) is 28.4 Å². The maximum absolute atomic E-state index is 13.4. The van der Waals surface area contributed by atoms with Crippen molar-refractivity contribution in [3.63, 3.8) is 0 Å². The van der Waals surface area contributed by atoms with Crippen LogP contribution in [0.4, 0.5) is 13.2 Å². The number of methoxy groups -OCH3 is 1. The minimum atomic E-state index is -4.68. The Bertz CT molecular complexity index is 1460. The first-order chi connectivity index (χ1) is 16.6. The molecule has 2 aromatic heterocycles. The van der Waals surface area contributed by atoms with Gasteiger partial charge >= 0.3 is 17.8 Å². The van der Waals surface area contributed by atoms with Crippen molar-refractivity contribution in [2.45, 2.75) is 26.9 Å². The van der Waals surface area contributed by atoms with E-state index >= 15 is 0 Å². The third-order valence-corrected chi connectivity index (χ3v) is 5.17. The number of ether oxygens (including phenoxy) is 1. The molecule has 0 aliphatic carbocycles. The third-order valence-electron chi connectivity index (χ3n) is 5.17. The van der Waals surface area contributed by atoms with E-state index in [4.69, 9.17) is 4.74 Å². The van der Waals surface area contributed by atoms with Crippen molar-refractivity contribution in [2.75, 3.05) is 7.11 Å². The van der Waals surface area contributed by atoms with Crippen molar-refractivity contribution < 1.29 is 22.7 Å². The molecular weight excluding hydrogens is 463 g/mol. The fraction of sp³-hybridized carbons (Fsp3) is 0.250. The zero-order valence-electron chi connectivity index (χ0n) is 19.8. The van der Waals surface area contributed by atoms with Crippen LogP contribution in [0, 0.1) is 6.92 Å². The Kier molecular flexibility index (Phi) is 6.99. The smallest absolute Gasteiger partial charge is 0.416 e. The molecule has 8 nitrogen and oxygen atoms in total. The van der Waals surface area contributed by atoms with Crippen molar-refractivity contribution >= 4 is 22.9 Å². The fourth-order valence-electron chi connectivity index (χ4n) is 3.69. The van der Waals surface area contributed by atoms with Gasteiger partial charge in [-0.3, -0.25) is 0 Å². The minimum Gasteiger partial charge on any atom is -0.465 e. The molecule has 2 aromatic carbocycles. The zero-order chi connectivity index (χ0) is 26.1. The number of benzene rings is 2. The predicted octanol–water partition coefficient (Wildman–Crippen LogP) is 4.69. The maximum atomic E-state index is 13.4. The van der Waals surface area contributed by atoms with Gasteiger partial charge in [0.05, 0.1) is 40.8 Å². The molecule has 0 radical (unpaired) electrons. The fourth-order valence-corrected chi connectivity index (χ4v) is 3.69. The highest BCUT2D eigenvalue weighted by Gasteiger charge is 2.33. The van der Waals surface area contributed by atoms with Crippen molar-refractivity contribution in [3.8, 4) is 11.4 Å². The molecule has 0 atom stereocenters. The summed E-state index contributed by atoms with van der Waals surface area (Å²) in [6.45, 7) is 9.43. The van der Waals surface area contributed by atoms with Crippen LogP contribution in [-0.4, -0.2) is 37.2 Å². The molecule has 0 saturated heterocycles. The predicted molar refractivity (Wildman–Crippen MR) is 126 cm³/mol. The molecular formula is C24H24F3N5O3. The van der Waals surface area contributed by atoms with E-state index in [1.807, 2.05) is 13.8 Å². The van der Waals surface area contributed by atoms with Crippen LogP contribution in [0.5, 0.6) is 0 Å². The number of hydrogen-bond donors (Lipinski definition) is 0. The molecule has 0 bridgehead atoms. The normalized spacial score (nSPS) is 11.2. The van der Waals surface area contributed by atoms with E-state index in [2.05, 4.69) is 16.8 Å². The number of fused-ring (bicyclic) bond motifs is 1. The van der Waals surface area contributed by atoms with Gasteiger partial charge in [0, 0.05) is 12.4 Å². The first kappa shape index (κ1) is 25.5. The molecule has 0 N–H and O–H groups in total. The number of nitrogens with zero attached hydrogens (tertiary/aromatic N) is 5. The van der Waals surface area contributed by atoms with Crippen molar-refractivity contribution in [1.82, 2.24) is 24.1 Å². The molecule has 0 spiro atoms. The third kappa shape index (κ3) is 4.48. The summed E-state index contributed by atoms with van der Waals surface area (Å²) in [5.74, 6) is -0.426. The van der Waals surface area contributed by atoms with E-state index < -0.39 is 17.7 Å². The second-order valence-corrected chi connectivity index (χ2v) is 7.21. The highest BCUT2D eigenvalue weighted by atomic mass is 19.4. The van der Waals surface area contributed by atoms with Gasteiger partial charge in [0.15, 0.2) is 0 Å². The van der Waals surface area contributed by atoms with Gasteiger partial charge in [-0.15, -0.1) is 0 Å². The molecule has 0 aliphatic rings. The van der Waals surface area contributed by atoms with Gasteiger partial charge in [0.25, 0.3) is 0 Å². The molecule has 11 heteroatoms. The number of carbonyl (C=O) groups is 1. The van der Waals surface area contributed by atoms with Gasteiger partial charge in [-0.2, -0.15) is 23.4 Å². The van der Waals surface area contributed by atoms with Gasteiger partial charge in [0.1, 0.15) is 5.82 Å². The molecule has 4 aromatic rings. The molecule has 35 heavy (non-hydrogen) atoms. The summed E-state index contributed by atoms with van der Waals surface area (Å²) in [6, 6.07) is 8.23. The molecule has 4 rings (SSSR count). The zero-order valence-corrected chi connectivity index (χ0v) is 19.8. The van der Waals surface area contributed by atoms with Crippen molar-refractivity contribution in [1.29, 1.82) is 0 Å². The van der Waals surface area contributed by atoms with Crippen LogP contribution in [0.1, 0.15) is 41.3 Å². The molecule has 0 fully saturated rings. The van der Waals surface area contributed by atoms with Crippen LogP contribution in [-0.2, 0) is 18.0 Å². The van der Waals surface area contributed by atoms with Gasteiger partial charge in [-0.05, 0) is 49.4 Å². The van der Waals surface area contributed by atoms with E-state index in [-0.39, 0.29) is 22.2 Å². The van der Waals surface area contributed by atoms with Crippen LogP contribution >= 0.6 is 0 Å². The van der Waals surface area contributed by atoms with Crippen molar-refractivity contribution in [3.05, 3.63) is 76.1 Å². The van der Waals surface area contributed by atoms with Gasteiger partial charge in [-0.1, -0.05) is 20.4 Å². The number of aryl methyl sites for hydroxylation is 2. The van der Waals surface area contributed by atoms with Gasteiger partial charge in [-0.25, -0.2) is 23.5 Å². The first-order valence-corrected chi connectivity index (χ1v) is 10.6. The van der Waals surface area contributed by atoms with E-state index in [0.29, 0.717) is 22.9 Å². The summed E-state index contributed by atoms with van der Waals surface area (Å²) in [4.78, 5) is 24.6. The van der Waals surface area contributed by atoms with Crippen molar-refractivity contribution in [2.24, 2.45) is 7.05 Å². The summed E-state index contributed by atoms with van der Waals surface area (Å²) >= 11 is 0. The highest BCUT2D eigenvalue weighted by Crippen LogP contribution is 2.35. The molecule has 0 aliphatic heterocycles. The van der Waals surface area contributed by atoms with E-state index in [0.717, 1.165) is 19.2 Å². The average molecular weight is 487 g/mol. The minimum absolute atomic E-state index is 0.0384. The lowest BCUT2D eigenvalue weighted by Crippen LogP contribution is -2.21. The number of aromatic nitrogens is 5. The van der Waals surface area contributed by atoms with Gasteiger partial charge in [0.2, 0.25) is 0 Å².